The molecule has 4 heterocycles. The highest BCUT2D eigenvalue weighted by Gasteiger charge is 2.22. The summed E-state index contributed by atoms with van der Waals surface area (Å²) in [6, 6.07) is 6.50. The van der Waals surface area contributed by atoms with E-state index in [2.05, 4.69) is 15.2 Å². The van der Waals surface area contributed by atoms with Gasteiger partial charge >= 0.3 is 0 Å². The fourth-order valence-corrected chi connectivity index (χ4v) is 3.85. The monoisotopic (exact) mass is 452 g/mol. The first-order valence-electron chi connectivity index (χ1n) is 10.1. The van der Waals surface area contributed by atoms with Gasteiger partial charge in [-0.15, -0.1) is 0 Å². The number of benzene rings is 1. The summed E-state index contributed by atoms with van der Waals surface area (Å²) in [6.07, 6.45) is 2.69. The Balaban J connectivity index is 1.63. The number of morpholine rings is 1. The second kappa shape index (κ2) is 8.10. The summed E-state index contributed by atoms with van der Waals surface area (Å²) >= 11 is 0. The zero-order chi connectivity index (χ0) is 23.1. The number of halogens is 2. The molecule has 0 atom stereocenters. The molecular formula is C22H18F2N6O3. The Morgan fingerprint density at radius 3 is 2.52 bits per heavy atom. The first kappa shape index (κ1) is 20.8. The summed E-state index contributed by atoms with van der Waals surface area (Å²) in [5.74, 6) is -2.11. The van der Waals surface area contributed by atoms with Crippen LogP contribution in [0.3, 0.4) is 0 Å². The quantitative estimate of drug-likeness (QED) is 0.492. The van der Waals surface area contributed by atoms with Crippen LogP contribution in [-0.4, -0.2) is 56.9 Å². The van der Waals surface area contributed by atoms with Gasteiger partial charge in [0.1, 0.15) is 22.7 Å². The molecule has 0 unspecified atom stereocenters. The van der Waals surface area contributed by atoms with E-state index in [9.17, 15) is 18.4 Å². The van der Waals surface area contributed by atoms with Gasteiger partial charge in [-0.25, -0.2) is 8.78 Å². The van der Waals surface area contributed by atoms with Gasteiger partial charge in [-0.2, -0.15) is 5.10 Å². The number of aromatic nitrogens is 4. The minimum atomic E-state index is -0.913. The van der Waals surface area contributed by atoms with Gasteiger partial charge in [0.2, 0.25) is 0 Å². The lowest BCUT2D eigenvalue weighted by Gasteiger charge is -2.26. The van der Waals surface area contributed by atoms with E-state index in [1.165, 1.54) is 18.5 Å². The van der Waals surface area contributed by atoms with Crippen LogP contribution >= 0.6 is 0 Å². The van der Waals surface area contributed by atoms with Gasteiger partial charge in [0.25, 0.3) is 11.5 Å². The number of amides is 1. The number of fused-ring (bicyclic) bond motifs is 1. The average Bonchev–Trinajstić information content (AvgIpc) is 3.22. The molecule has 1 fully saturated rings. The highest BCUT2D eigenvalue weighted by molar-refractivity contribution is 5.98. The van der Waals surface area contributed by atoms with Gasteiger partial charge in [0.05, 0.1) is 30.0 Å². The largest absolute Gasteiger partial charge is 0.382 e. The Morgan fingerprint density at radius 2 is 1.85 bits per heavy atom. The molecule has 1 aromatic carbocycles. The van der Waals surface area contributed by atoms with Crippen molar-refractivity contribution < 1.29 is 18.3 Å². The van der Waals surface area contributed by atoms with Crippen molar-refractivity contribution in [3.05, 3.63) is 70.3 Å². The molecule has 33 heavy (non-hydrogen) atoms. The summed E-state index contributed by atoms with van der Waals surface area (Å²) in [7, 11) is 0. The Bertz CT molecular complexity index is 1400. The van der Waals surface area contributed by atoms with E-state index in [4.69, 9.17) is 10.5 Å². The van der Waals surface area contributed by atoms with Gasteiger partial charge in [-0.3, -0.25) is 24.2 Å². The van der Waals surface area contributed by atoms with Crippen molar-refractivity contribution in [2.75, 3.05) is 32.0 Å². The fraction of sp³-hybridized carbons (Fsp3) is 0.182. The predicted molar refractivity (Wildman–Crippen MR) is 116 cm³/mol. The molecule has 1 aliphatic heterocycles. The molecule has 0 radical (unpaired) electrons. The molecule has 4 aromatic rings. The van der Waals surface area contributed by atoms with E-state index in [-0.39, 0.29) is 22.6 Å². The van der Waals surface area contributed by atoms with E-state index >= 15 is 0 Å². The first-order valence-corrected chi connectivity index (χ1v) is 10.1. The molecule has 1 amide bonds. The molecule has 3 aromatic heterocycles. The number of H-pyrrole nitrogens is 1. The minimum absolute atomic E-state index is 0.0228. The standard InChI is InChI=1S/C22H18F2N6O3/c23-14-2-1-3-15(24)19(14)30-11-13(18-17(22(30)32)20(25)28-27-18)16-5-4-12(10-26-16)21(31)29-6-8-33-9-7-29/h1-5,10-11H,6-9H2,(H3,25,27,28). The van der Waals surface area contributed by atoms with Crippen LogP contribution in [0.1, 0.15) is 10.4 Å². The summed E-state index contributed by atoms with van der Waals surface area (Å²) in [4.78, 5) is 31.8. The minimum Gasteiger partial charge on any atom is -0.382 e. The lowest BCUT2D eigenvalue weighted by atomic mass is 10.1. The number of anilines is 1. The van der Waals surface area contributed by atoms with Crippen LogP contribution in [0, 0.1) is 11.6 Å². The number of hydrogen-bond acceptors (Lipinski definition) is 6. The second-order valence-electron chi connectivity index (χ2n) is 7.48. The van der Waals surface area contributed by atoms with Crippen molar-refractivity contribution in [2.24, 2.45) is 0 Å². The molecule has 0 bridgehead atoms. The topological polar surface area (TPSA) is 119 Å². The van der Waals surface area contributed by atoms with Crippen LogP contribution in [0.5, 0.6) is 0 Å². The van der Waals surface area contributed by atoms with Crippen LogP contribution in [0.15, 0.2) is 47.5 Å². The van der Waals surface area contributed by atoms with Gasteiger partial charge in [0, 0.05) is 31.0 Å². The van der Waals surface area contributed by atoms with E-state index in [0.717, 1.165) is 16.7 Å². The highest BCUT2D eigenvalue weighted by Crippen LogP contribution is 2.28. The molecule has 3 N–H and O–H groups in total. The van der Waals surface area contributed by atoms with Crippen molar-refractivity contribution in [2.45, 2.75) is 0 Å². The van der Waals surface area contributed by atoms with E-state index < -0.39 is 22.9 Å². The van der Waals surface area contributed by atoms with E-state index in [0.29, 0.717) is 43.1 Å². The molecular weight excluding hydrogens is 434 g/mol. The third-order valence-corrected chi connectivity index (χ3v) is 5.52. The molecule has 11 heteroatoms. The van der Waals surface area contributed by atoms with Crippen molar-refractivity contribution in [3.63, 3.8) is 0 Å². The van der Waals surface area contributed by atoms with Crippen LogP contribution in [0.4, 0.5) is 14.6 Å². The number of nitrogen functional groups attached to an aromatic ring is 1. The average molecular weight is 452 g/mol. The summed E-state index contributed by atoms with van der Waals surface area (Å²) in [6.45, 7) is 1.94. The van der Waals surface area contributed by atoms with Gasteiger partial charge in [0.15, 0.2) is 5.82 Å². The summed E-state index contributed by atoms with van der Waals surface area (Å²) in [5.41, 5.74) is 5.94. The maximum Gasteiger partial charge on any atom is 0.268 e. The molecule has 9 nitrogen and oxygen atoms in total. The number of carbonyl (C=O) groups is 1. The van der Waals surface area contributed by atoms with Crippen molar-refractivity contribution in [1.29, 1.82) is 0 Å². The van der Waals surface area contributed by atoms with Crippen molar-refractivity contribution in [3.8, 4) is 16.9 Å². The number of carbonyl (C=O) groups excluding carboxylic acids is 1. The van der Waals surface area contributed by atoms with Gasteiger partial charge in [-0.1, -0.05) is 6.07 Å². The van der Waals surface area contributed by atoms with E-state index in [1.54, 1.807) is 17.0 Å². The lowest BCUT2D eigenvalue weighted by Crippen LogP contribution is -2.40. The van der Waals surface area contributed by atoms with Gasteiger partial charge in [-0.05, 0) is 24.3 Å². The molecule has 0 spiro atoms. The SMILES string of the molecule is Nc1n[nH]c2c(-c3ccc(C(=O)N4CCOCC4)cn3)cn(-c3c(F)cccc3F)c(=O)c12. The number of nitrogens with two attached hydrogens (primary N) is 1. The number of rotatable bonds is 3. The van der Waals surface area contributed by atoms with Gasteiger partial charge < -0.3 is 15.4 Å². The number of nitrogens with zero attached hydrogens (tertiary/aromatic N) is 4. The number of nitrogens with one attached hydrogen (secondary N) is 1. The number of para-hydroxylation sites is 1. The third kappa shape index (κ3) is 3.52. The number of pyridine rings is 2. The smallest absolute Gasteiger partial charge is 0.268 e. The van der Waals surface area contributed by atoms with Crippen LogP contribution < -0.4 is 11.3 Å². The number of hydrogen-bond donors (Lipinski definition) is 2. The second-order valence-corrected chi connectivity index (χ2v) is 7.48. The Morgan fingerprint density at radius 1 is 1.12 bits per heavy atom. The number of aromatic amines is 1. The molecule has 1 aliphatic rings. The summed E-state index contributed by atoms with van der Waals surface area (Å²) in [5, 5.41) is 6.55. The van der Waals surface area contributed by atoms with Crippen molar-refractivity contribution in [1.82, 2.24) is 24.6 Å². The molecule has 0 saturated carbocycles. The van der Waals surface area contributed by atoms with Crippen molar-refractivity contribution >= 4 is 22.6 Å². The zero-order valence-corrected chi connectivity index (χ0v) is 17.2. The fourth-order valence-electron chi connectivity index (χ4n) is 3.85. The predicted octanol–water partition coefficient (Wildman–Crippen LogP) is 2.11. The zero-order valence-electron chi connectivity index (χ0n) is 17.2. The molecule has 168 valence electrons. The maximum atomic E-state index is 14.5. The van der Waals surface area contributed by atoms with Crippen LogP contribution in [0.2, 0.25) is 0 Å². The highest BCUT2D eigenvalue weighted by atomic mass is 19.1. The summed E-state index contributed by atoms with van der Waals surface area (Å²) < 4.78 is 35.1. The Labute approximate surface area is 185 Å². The molecule has 5 rings (SSSR count). The lowest BCUT2D eigenvalue weighted by molar-refractivity contribution is 0.0302. The van der Waals surface area contributed by atoms with Crippen LogP contribution in [0.25, 0.3) is 27.8 Å². The number of ether oxygens (including phenoxy) is 1. The van der Waals surface area contributed by atoms with Crippen LogP contribution in [-0.2, 0) is 4.74 Å². The van der Waals surface area contributed by atoms with E-state index in [1.807, 2.05) is 0 Å². The first-order chi connectivity index (χ1) is 16.0. The molecule has 0 aliphatic carbocycles. The maximum absolute atomic E-state index is 14.5. The molecule has 1 saturated heterocycles. The third-order valence-electron chi connectivity index (χ3n) is 5.52. The Hall–Kier alpha value is -4.12. The Kier molecular flexibility index (Phi) is 5.09. The normalized spacial score (nSPS) is 14.1.